The van der Waals surface area contributed by atoms with Gasteiger partial charge in [-0.1, -0.05) is 0 Å². The second kappa shape index (κ2) is 7.22. The van der Waals surface area contributed by atoms with E-state index in [1.165, 1.54) is 0 Å². The largest absolute Gasteiger partial charge is 0.352 e. The summed E-state index contributed by atoms with van der Waals surface area (Å²) in [6.07, 6.45) is 1.31. The van der Waals surface area contributed by atoms with Crippen LogP contribution in [-0.4, -0.2) is 15.9 Å². The molecule has 0 fully saturated rings. The van der Waals surface area contributed by atoms with Gasteiger partial charge < -0.3 is 10.3 Å². The van der Waals surface area contributed by atoms with E-state index < -0.39 is 41.0 Å². The van der Waals surface area contributed by atoms with Gasteiger partial charge in [-0.25, -0.2) is 13.2 Å². The van der Waals surface area contributed by atoms with Crippen molar-refractivity contribution in [1.82, 2.24) is 15.3 Å². The van der Waals surface area contributed by atoms with Crippen LogP contribution >= 0.6 is 0 Å². The number of H-pyrrole nitrogens is 1. The van der Waals surface area contributed by atoms with Crippen molar-refractivity contribution in [1.29, 1.82) is 0 Å². The number of aromatic amines is 1. The maximum atomic E-state index is 13.6. The van der Waals surface area contributed by atoms with Gasteiger partial charge in [-0.05, 0) is 25.5 Å². The van der Waals surface area contributed by atoms with Crippen molar-refractivity contribution in [2.75, 3.05) is 0 Å². The fourth-order valence-corrected chi connectivity index (χ4v) is 3.03. The Morgan fingerprint density at radius 2 is 1.81 bits per heavy atom. The summed E-state index contributed by atoms with van der Waals surface area (Å²) in [5.41, 5.74) is 1.32. The normalized spacial score (nSPS) is 11.0. The highest BCUT2D eigenvalue weighted by Crippen LogP contribution is 2.20. The van der Waals surface area contributed by atoms with E-state index in [0.29, 0.717) is 28.9 Å². The Kier molecular flexibility index (Phi) is 4.98. The van der Waals surface area contributed by atoms with Gasteiger partial charge in [0.1, 0.15) is 17.5 Å². The van der Waals surface area contributed by atoms with Gasteiger partial charge in [-0.2, -0.15) is 0 Å². The highest BCUT2D eigenvalue weighted by Gasteiger charge is 2.16. The van der Waals surface area contributed by atoms with Crippen molar-refractivity contribution in [2.45, 2.75) is 26.8 Å². The molecule has 0 unspecified atom stereocenters. The molecule has 3 aromatic rings. The number of pyridine rings is 2. The summed E-state index contributed by atoms with van der Waals surface area (Å²) in [5, 5.41) is 3.10. The summed E-state index contributed by atoms with van der Waals surface area (Å²) < 4.78 is 40.2. The number of nitrogens with one attached hydrogen (secondary N) is 2. The van der Waals surface area contributed by atoms with Crippen LogP contribution in [0.4, 0.5) is 13.2 Å². The first kappa shape index (κ1) is 18.6. The minimum absolute atomic E-state index is 0.246. The summed E-state index contributed by atoms with van der Waals surface area (Å²) in [6.45, 7) is 3.05. The Bertz CT molecular complexity index is 1090. The number of amides is 1. The number of aromatic nitrogens is 2. The molecule has 0 spiro atoms. The fourth-order valence-electron chi connectivity index (χ4n) is 3.03. The summed E-state index contributed by atoms with van der Waals surface area (Å²) >= 11 is 0. The van der Waals surface area contributed by atoms with Gasteiger partial charge in [0.15, 0.2) is 0 Å². The monoisotopic (exact) mass is 375 g/mol. The molecule has 8 heteroatoms. The molecule has 1 amide bonds. The molecule has 140 valence electrons. The molecule has 0 aliphatic rings. The van der Waals surface area contributed by atoms with Crippen LogP contribution in [0, 0.1) is 31.3 Å². The van der Waals surface area contributed by atoms with Crippen LogP contribution in [0.1, 0.15) is 22.4 Å². The molecule has 0 saturated carbocycles. The number of hydrogen-bond acceptors (Lipinski definition) is 3. The number of halogens is 3. The maximum absolute atomic E-state index is 13.6. The minimum Gasteiger partial charge on any atom is -0.352 e. The first-order valence-electron chi connectivity index (χ1n) is 8.15. The molecule has 1 aromatic carbocycles. The Hall–Kier alpha value is -3.16. The second-order valence-corrected chi connectivity index (χ2v) is 6.18. The van der Waals surface area contributed by atoms with E-state index in [4.69, 9.17) is 0 Å². The molecule has 0 bridgehead atoms. The lowest BCUT2D eigenvalue weighted by atomic mass is 10.0. The SMILES string of the molecule is Cc1nccc2[nH]c(=O)c(CC(=O)NCc3c(F)cc(F)cc3F)c(C)c12. The van der Waals surface area contributed by atoms with Crippen LogP contribution in [0.15, 0.2) is 29.2 Å². The van der Waals surface area contributed by atoms with Gasteiger partial charge >= 0.3 is 0 Å². The van der Waals surface area contributed by atoms with E-state index in [1.807, 2.05) is 0 Å². The Labute approximate surface area is 152 Å². The van der Waals surface area contributed by atoms with E-state index in [1.54, 1.807) is 26.1 Å². The quantitative estimate of drug-likeness (QED) is 0.736. The highest BCUT2D eigenvalue weighted by molar-refractivity contribution is 5.87. The minimum atomic E-state index is -1.09. The van der Waals surface area contributed by atoms with E-state index in [9.17, 15) is 22.8 Å². The summed E-state index contributed by atoms with van der Waals surface area (Å²) in [5.74, 6) is -3.81. The molecule has 0 aliphatic heterocycles. The fraction of sp³-hybridized carbons (Fsp3) is 0.211. The molecule has 3 rings (SSSR count). The zero-order chi connectivity index (χ0) is 19.7. The molecular formula is C19H16F3N3O2. The van der Waals surface area contributed by atoms with Crippen LogP contribution < -0.4 is 10.9 Å². The first-order valence-corrected chi connectivity index (χ1v) is 8.15. The predicted octanol–water partition coefficient (Wildman–Crippen LogP) is 2.82. The lowest BCUT2D eigenvalue weighted by Crippen LogP contribution is -2.29. The van der Waals surface area contributed by atoms with E-state index >= 15 is 0 Å². The molecule has 5 nitrogen and oxygen atoms in total. The molecule has 0 aliphatic carbocycles. The van der Waals surface area contributed by atoms with Crippen LogP contribution in [0.2, 0.25) is 0 Å². The van der Waals surface area contributed by atoms with Crippen molar-refractivity contribution in [2.24, 2.45) is 0 Å². The van der Waals surface area contributed by atoms with Crippen molar-refractivity contribution >= 4 is 16.8 Å². The van der Waals surface area contributed by atoms with Crippen molar-refractivity contribution in [3.63, 3.8) is 0 Å². The van der Waals surface area contributed by atoms with Crippen LogP contribution in [0.5, 0.6) is 0 Å². The molecule has 0 saturated heterocycles. The number of fused-ring (bicyclic) bond motifs is 1. The van der Waals surface area contributed by atoms with Crippen molar-refractivity contribution < 1.29 is 18.0 Å². The average Bonchev–Trinajstić information content (AvgIpc) is 2.57. The van der Waals surface area contributed by atoms with Gasteiger partial charge in [0.05, 0.1) is 11.9 Å². The average molecular weight is 375 g/mol. The molecule has 0 atom stereocenters. The Balaban J connectivity index is 1.83. The third kappa shape index (κ3) is 3.69. The smallest absolute Gasteiger partial charge is 0.252 e. The molecule has 2 N–H and O–H groups in total. The standard InChI is InChI=1S/C19H16F3N3O2/c1-9-12(19(27)25-16-3-4-23-10(2)18(9)16)7-17(26)24-8-13-14(21)5-11(20)6-15(13)22/h3-6H,7-8H2,1-2H3,(H,24,26)(H,25,27). The van der Waals surface area contributed by atoms with Crippen molar-refractivity contribution in [3.05, 3.63) is 74.6 Å². The van der Waals surface area contributed by atoms with Crippen LogP contribution in [0.25, 0.3) is 10.9 Å². The Morgan fingerprint density at radius 3 is 2.48 bits per heavy atom. The molecule has 27 heavy (non-hydrogen) atoms. The van der Waals surface area contributed by atoms with Gasteiger partial charge in [0.25, 0.3) is 5.56 Å². The third-order valence-corrected chi connectivity index (χ3v) is 4.40. The summed E-state index contributed by atoms with van der Waals surface area (Å²) in [4.78, 5) is 31.4. The van der Waals surface area contributed by atoms with Crippen LogP contribution in [0.3, 0.4) is 0 Å². The van der Waals surface area contributed by atoms with Crippen molar-refractivity contribution in [3.8, 4) is 0 Å². The zero-order valence-corrected chi connectivity index (χ0v) is 14.6. The van der Waals surface area contributed by atoms with Gasteiger partial charge in [0.2, 0.25) is 5.91 Å². The summed E-state index contributed by atoms with van der Waals surface area (Å²) in [7, 11) is 0. The highest BCUT2D eigenvalue weighted by atomic mass is 19.1. The zero-order valence-electron chi connectivity index (χ0n) is 14.6. The number of hydrogen-bond donors (Lipinski definition) is 2. The lowest BCUT2D eigenvalue weighted by Gasteiger charge is -2.11. The van der Waals surface area contributed by atoms with Gasteiger partial charge in [-0.3, -0.25) is 14.6 Å². The van der Waals surface area contributed by atoms with Crippen LogP contribution in [-0.2, 0) is 17.8 Å². The molecule has 2 heterocycles. The molecule has 2 aromatic heterocycles. The molecular weight excluding hydrogens is 359 g/mol. The number of rotatable bonds is 4. The maximum Gasteiger partial charge on any atom is 0.252 e. The van der Waals surface area contributed by atoms with Gasteiger partial charge in [-0.15, -0.1) is 0 Å². The number of aryl methyl sites for hydroxylation is 2. The number of nitrogens with zero attached hydrogens (tertiary/aromatic N) is 1. The van der Waals surface area contributed by atoms with E-state index in [0.717, 1.165) is 5.39 Å². The number of carbonyl (C=O) groups is 1. The number of carbonyl (C=O) groups excluding carboxylic acids is 1. The van der Waals surface area contributed by atoms with Gasteiger partial charge in [0, 0.05) is 47.1 Å². The Morgan fingerprint density at radius 1 is 1.15 bits per heavy atom. The second-order valence-electron chi connectivity index (χ2n) is 6.18. The first-order chi connectivity index (χ1) is 12.8. The number of benzene rings is 1. The van der Waals surface area contributed by atoms with E-state index in [2.05, 4.69) is 15.3 Å². The summed E-state index contributed by atoms with van der Waals surface area (Å²) in [6, 6.07) is 2.75. The van der Waals surface area contributed by atoms with E-state index in [-0.39, 0.29) is 12.0 Å². The predicted molar refractivity (Wildman–Crippen MR) is 93.7 cm³/mol. The molecule has 0 radical (unpaired) electrons. The third-order valence-electron chi connectivity index (χ3n) is 4.40. The lowest BCUT2D eigenvalue weighted by molar-refractivity contribution is -0.120. The topological polar surface area (TPSA) is 74.8 Å².